The van der Waals surface area contributed by atoms with Crippen molar-refractivity contribution in [1.29, 1.82) is 0 Å². The van der Waals surface area contributed by atoms with Crippen molar-refractivity contribution in [2.45, 2.75) is 12.6 Å². The first kappa shape index (κ1) is 13.5. The van der Waals surface area contributed by atoms with Crippen LogP contribution in [-0.4, -0.2) is 45.1 Å². The number of thioether (sulfide) groups is 1. The number of pyridine rings is 1. The highest BCUT2D eigenvalue weighted by Gasteiger charge is 2.26. The molecule has 0 bridgehead atoms. The third-order valence-electron chi connectivity index (χ3n) is 3.41. The largest absolute Gasteiger partial charge is 0.334 e. The van der Waals surface area contributed by atoms with Gasteiger partial charge in [-0.2, -0.15) is 16.7 Å². The van der Waals surface area contributed by atoms with Crippen molar-refractivity contribution in [2.24, 2.45) is 5.73 Å². The lowest BCUT2D eigenvalue weighted by Gasteiger charge is -2.29. The molecule has 0 aliphatic carbocycles. The van der Waals surface area contributed by atoms with E-state index in [9.17, 15) is 0 Å². The van der Waals surface area contributed by atoms with Crippen molar-refractivity contribution in [3.63, 3.8) is 0 Å². The molecule has 1 saturated heterocycles. The molecule has 1 aliphatic heterocycles. The van der Waals surface area contributed by atoms with Gasteiger partial charge in [0.2, 0.25) is 0 Å². The highest BCUT2D eigenvalue weighted by atomic mass is 32.2. The topological polar surface area (TPSA) is 81.1 Å². The van der Waals surface area contributed by atoms with Crippen LogP contribution in [0.1, 0.15) is 17.6 Å². The molecule has 0 spiro atoms. The molecule has 3 rings (SSSR count). The SMILES string of the molecule is CN1CCSCC1c1noc(-c2ccnc(CN)c2)n1. The maximum absolute atomic E-state index is 5.60. The van der Waals surface area contributed by atoms with E-state index in [0.717, 1.165) is 35.1 Å². The van der Waals surface area contributed by atoms with Gasteiger partial charge >= 0.3 is 0 Å². The Morgan fingerprint density at radius 1 is 1.55 bits per heavy atom. The normalized spacial score (nSPS) is 20.2. The second kappa shape index (κ2) is 5.90. The van der Waals surface area contributed by atoms with Gasteiger partial charge in [0.15, 0.2) is 5.82 Å². The Balaban J connectivity index is 1.85. The van der Waals surface area contributed by atoms with Crippen molar-refractivity contribution in [3.05, 3.63) is 29.8 Å². The highest BCUT2D eigenvalue weighted by molar-refractivity contribution is 7.99. The van der Waals surface area contributed by atoms with E-state index < -0.39 is 0 Å². The Morgan fingerprint density at radius 3 is 3.25 bits per heavy atom. The number of hydrogen-bond donors (Lipinski definition) is 1. The van der Waals surface area contributed by atoms with E-state index in [0.29, 0.717) is 12.4 Å². The average Bonchev–Trinajstić information content (AvgIpc) is 2.97. The van der Waals surface area contributed by atoms with Crippen molar-refractivity contribution in [3.8, 4) is 11.5 Å². The van der Waals surface area contributed by atoms with Gasteiger partial charge in [-0.1, -0.05) is 5.16 Å². The Bertz CT molecular complexity index is 588. The molecule has 2 aromatic heterocycles. The van der Waals surface area contributed by atoms with Crippen LogP contribution in [0.25, 0.3) is 11.5 Å². The first-order valence-corrected chi connectivity index (χ1v) is 7.70. The molecule has 1 atom stereocenters. The molecule has 0 aromatic carbocycles. The van der Waals surface area contributed by atoms with Crippen molar-refractivity contribution in [1.82, 2.24) is 20.0 Å². The summed E-state index contributed by atoms with van der Waals surface area (Å²) in [6, 6.07) is 3.97. The van der Waals surface area contributed by atoms with Gasteiger partial charge in [-0.05, 0) is 19.2 Å². The third kappa shape index (κ3) is 2.70. The van der Waals surface area contributed by atoms with E-state index in [1.54, 1.807) is 6.20 Å². The van der Waals surface area contributed by atoms with Crippen LogP contribution in [0.4, 0.5) is 0 Å². The van der Waals surface area contributed by atoms with Crippen LogP contribution in [0.2, 0.25) is 0 Å². The maximum atomic E-state index is 5.60. The number of rotatable bonds is 3. The molecule has 3 heterocycles. The quantitative estimate of drug-likeness (QED) is 0.913. The lowest BCUT2D eigenvalue weighted by molar-refractivity contribution is 0.257. The van der Waals surface area contributed by atoms with E-state index in [2.05, 4.69) is 27.1 Å². The van der Waals surface area contributed by atoms with Gasteiger partial charge < -0.3 is 10.3 Å². The fraction of sp³-hybridized carbons (Fsp3) is 0.462. The number of nitrogens with zero attached hydrogens (tertiary/aromatic N) is 4. The van der Waals surface area contributed by atoms with Crippen LogP contribution in [0.3, 0.4) is 0 Å². The molecule has 2 aromatic rings. The molecule has 1 aliphatic rings. The van der Waals surface area contributed by atoms with E-state index >= 15 is 0 Å². The fourth-order valence-electron chi connectivity index (χ4n) is 2.17. The number of nitrogens with two attached hydrogens (primary N) is 1. The smallest absolute Gasteiger partial charge is 0.258 e. The lowest BCUT2D eigenvalue weighted by atomic mass is 10.2. The summed E-state index contributed by atoms with van der Waals surface area (Å²) in [6.45, 7) is 1.45. The summed E-state index contributed by atoms with van der Waals surface area (Å²) in [6.07, 6.45) is 1.71. The molecule has 7 heteroatoms. The summed E-state index contributed by atoms with van der Waals surface area (Å²) in [7, 11) is 2.10. The van der Waals surface area contributed by atoms with Crippen molar-refractivity contribution >= 4 is 11.8 Å². The second-order valence-electron chi connectivity index (χ2n) is 4.77. The molecular weight excluding hydrogens is 274 g/mol. The minimum Gasteiger partial charge on any atom is -0.334 e. The van der Waals surface area contributed by atoms with Crippen LogP contribution in [0, 0.1) is 0 Å². The van der Waals surface area contributed by atoms with Crippen molar-refractivity contribution in [2.75, 3.05) is 25.1 Å². The zero-order valence-corrected chi connectivity index (χ0v) is 12.1. The van der Waals surface area contributed by atoms with Gasteiger partial charge in [-0.3, -0.25) is 9.88 Å². The molecule has 20 heavy (non-hydrogen) atoms. The predicted octanol–water partition coefficient (Wildman–Crippen LogP) is 1.31. The van der Waals surface area contributed by atoms with Crippen LogP contribution in [-0.2, 0) is 6.54 Å². The average molecular weight is 291 g/mol. The molecule has 1 fully saturated rings. The second-order valence-corrected chi connectivity index (χ2v) is 5.92. The predicted molar refractivity (Wildman–Crippen MR) is 78.1 cm³/mol. The molecule has 6 nitrogen and oxygen atoms in total. The minimum absolute atomic E-state index is 0.224. The first-order chi connectivity index (χ1) is 9.78. The summed E-state index contributed by atoms with van der Waals surface area (Å²) in [5, 5.41) is 4.13. The molecule has 1 unspecified atom stereocenters. The minimum atomic E-state index is 0.224. The Hall–Kier alpha value is -1.44. The van der Waals surface area contributed by atoms with E-state index in [-0.39, 0.29) is 6.04 Å². The van der Waals surface area contributed by atoms with Gasteiger partial charge in [0, 0.05) is 36.4 Å². The Kier molecular flexibility index (Phi) is 4.00. The Morgan fingerprint density at radius 2 is 2.45 bits per heavy atom. The van der Waals surface area contributed by atoms with Crippen LogP contribution >= 0.6 is 11.8 Å². The zero-order chi connectivity index (χ0) is 13.9. The number of aromatic nitrogens is 3. The summed E-state index contributed by atoms with van der Waals surface area (Å²) in [4.78, 5) is 11.0. The molecule has 2 N–H and O–H groups in total. The molecule has 106 valence electrons. The summed E-state index contributed by atoms with van der Waals surface area (Å²) in [5.74, 6) is 3.43. The lowest BCUT2D eigenvalue weighted by Crippen LogP contribution is -2.33. The first-order valence-electron chi connectivity index (χ1n) is 6.55. The van der Waals surface area contributed by atoms with E-state index in [4.69, 9.17) is 10.3 Å². The Labute approximate surface area is 121 Å². The van der Waals surface area contributed by atoms with Crippen molar-refractivity contribution < 1.29 is 4.52 Å². The van der Waals surface area contributed by atoms with Gasteiger partial charge in [0.1, 0.15) is 0 Å². The summed E-state index contributed by atoms with van der Waals surface area (Å²) >= 11 is 1.92. The van der Waals surface area contributed by atoms with Gasteiger partial charge in [0.05, 0.1) is 11.7 Å². The summed E-state index contributed by atoms with van der Waals surface area (Å²) in [5.41, 5.74) is 7.28. The third-order valence-corrected chi connectivity index (χ3v) is 4.43. The monoisotopic (exact) mass is 291 g/mol. The summed E-state index contributed by atoms with van der Waals surface area (Å²) < 4.78 is 5.39. The van der Waals surface area contributed by atoms with Crippen LogP contribution in [0.15, 0.2) is 22.9 Å². The van der Waals surface area contributed by atoms with E-state index in [1.165, 1.54) is 0 Å². The number of hydrogen-bond acceptors (Lipinski definition) is 7. The van der Waals surface area contributed by atoms with Gasteiger partial charge in [0.25, 0.3) is 5.89 Å². The van der Waals surface area contributed by atoms with Gasteiger partial charge in [-0.25, -0.2) is 0 Å². The molecule has 0 saturated carbocycles. The zero-order valence-electron chi connectivity index (χ0n) is 11.3. The molecule has 0 radical (unpaired) electrons. The standard InChI is InChI=1S/C13H17N5OS/c1-18-4-5-20-8-11(18)12-16-13(19-17-12)9-2-3-15-10(6-9)7-14/h2-3,6,11H,4-5,7-8,14H2,1H3. The highest BCUT2D eigenvalue weighted by Crippen LogP contribution is 2.28. The maximum Gasteiger partial charge on any atom is 0.258 e. The molecule has 0 amide bonds. The van der Waals surface area contributed by atoms with E-state index in [1.807, 2.05) is 23.9 Å². The van der Waals surface area contributed by atoms with Crippen LogP contribution < -0.4 is 5.73 Å². The van der Waals surface area contributed by atoms with Crippen LogP contribution in [0.5, 0.6) is 0 Å². The fourth-order valence-corrected chi connectivity index (χ4v) is 3.38. The van der Waals surface area contributed by atoms with Gasteiger partial charge in [-0.15, -0.1) is 0 Å². The molecular formula is C13H17N5OS.